The van der Waals surface area contributed by atoms with E-state index in [1.165, 1.54) is 18.9 Å². The van der Waals surface area contributed by atoms with E-state index in [1.54, 1.807) is 18.2 Å². The quantitative estimate of drug-likeness (QED) is 0.714. The predicted molar refractivity (Wildman–Crippen MR) is 78.1 cm³/mol. The molecule has 0 aliphatic carbocycles. The molecule has 0 aliphatic heterocycles. The molecule has 19 heavy (non-hydrogen) atoms. The van der Waals surface area contributed by atoms with Gasteiger partial charge < -0.3 is 10.1 Å². The van der Waals surface area contributed by atoms with Gasteiger partial charge in [0, 0.05) is 5.54 Å². The highest BCUT2D eigenvalue weighted by molar-refractivity contribution is 5.23. The zero-order chi connectivity index (χ0) is 14.1. The number of nitrogens with one attached hydrogen (secondary N) is 1. The van der Waals surface area contributed by atoms with Crippen LogP contribution in [0.15, 0.2) is 24.3 Å². The van der Waals surface area contributed by atoms with Gasteiger partial charge in [-0.05, 0) is 52.3 Å². The SMILES string of the molecule is CC(C)(C)NCCCCCCOc1ccccc1F. The summed E-state index contributed by atoms with van der Waals surface area (Å²) in [4.78, 5) is 0. The third-order valence-electron chi connectivity index (χ3n) is 2.82. The van der Waals surface area contributed by atoms with Gasteiger partial charge in [-0.2, -0.15) is 0 Å². The Morgan fingerprint density at radius 2 is 1.74 bits per heavy atom. The van der Waals surface area contributed by atoms with Crippen molar-refractivity contribution in [1.29, 1.82) is 0 Å². The number of benzene rings is 1. The minimum Gasteiger partial charge on any atom is -0.491 e. The lowest BCUT2D eigenvalue weighted by Gasteiger charge is -2.20. The van der Waals surface area contributed by atoms with Crippen molar-refractivity contribution in [3.63, 3.8) is 0 Å². The Bertz CT molecular complexity index is 360. The molecule has 0 heterocycles. The normalized spacial score (nSPS) is 11.6. The van der Waals surface area contributed by atoms with Crippen molar-refractivity contribution in [2.24, 2.45) is 0 Å². The van der Waals surface area contributed by atoms with E-state index in [0.29, 0.717) is 12.4 Å². The van der Waals surface area contributed by atoms with Gasteiger partial charge >= 0.3 is 0 Å². The van der Waals surface area contributed by atoms with Crippen LogP contribution in [0.4, 0.5) is 4.39 Å². The molecule has 0 aromatic heterocycles. The van der Waals surface area contributed by atoms with Gasteiger partial charge in [0.25, 0.3) is 0 Å². The molecule has 0 spiro atoms. The Kier molecular flexibility index (Phi) is 6.85. The van der Waals surface area contributed by atoms with E-state index >= 15 is 0 Å². The minimum atomic E-state index is -0.281. The van der Waals surface area contributed by atoms with Gasteiger partial charge in [0.2, 0.25) is 0 Å². The molecule has 2 nitrogen and oxygen atoms in total. The molecular weight excluding hydrogens is 241 g/mol. The van der Waals surface area contributed by atoms with Crippen molar-refractivity contribution in [2.75, 3.05) is 13.2 Å². The fourth-order valence-corrected chi connectivity index (χ4v) is 1.79. The summed E-state index contributed by atoms with van der Waals surface area (Å²) < 4.78 is 18.7. The van der Waals surface area contributed by atoms with Crippen LogP contribution in [-0.4, -0.2) is 18.7 Å². The number of halogens is 1. The maximum Gasteiger partial charge on any atom is 0.165 e. The highest BCUT2D eigenvalue weighted by Gasteiger charge is 2.06. The molecule has 0 amide bonds. The predicted octanol–water partition coefficient (Wildman–Crippen LogP) is 4.15. The second kappa shape index (κ2) is 8.16. The standard InChI is InChI=1S/C16H26FNO/c1-16(2,3)18-12-8-4-5-9-13-19-15-11-7-6-10-14(15)17/h6-7,10-11,18H,4-5,8-9,12-13H2,1-3H3. The minimum absolute atomic E-state index is 0.202. The first-order valence-electron chi connectivity index (χ1n) is 7.11. The molecule has 0 aliphatic rings. The average Bonchev–Trinajstić information content (AvgIpc) is 2.33. The molecule has 0 saturated carbocycles. The van der Waals surface area contributed by atoms with Gasteiger partial charge in [-0.3, -0.25) is 0 Å². The van der Waals surface area contributed by atoms with Gasteiger partial charge in [0.1, 0.15) is 0 Å². The van der Waals surface area contributed by atoms with Crippen LogP contribution in [0, 0.1) is 5.82 Å². The monoisotopic (exact) mass is 267 g/mol. The number of hydrogen-bond donors (Lipinski definition) is 1. The largest absolute Gasteiger partial charge is 0.491 e. The lowest BCUT2D eigenvalue weighted by atomic mass is 10.1. The molecule has 108 valence electrons. The zero-order valence-electron chi connectivity index (χ0n) is 12.3. The van der Waals surface area contributed by atoms with Crippen LogP contribution in [0.2, 0.25) is 0 Å². The third kappa shape index (κ3) is 7.83. The molecule has 1 aromatic rings. The van der Waals surface area contributed by atoms with Crippen LogP contribution in [0.5, 0.6) is 5.75 Å². The first kappa shape index (κ1) is 16.0. The van der Waals surface area contributed by atoms with E-state index in [2.05, 4.69) is 26.1 Å². The van der Waals surface area contributed by atoms with E-state index in [9.17, 15) is 4.39 Å². The van der Waals surface area contributed by atoms with E-state index in [4.69, 9.17) is 4.74 Å². The maximum atomic E-state index is 13.2. The van der Waals surface area contributed by atoms with Crippen molar-refractivity contribution in [3.8, 4) is 5.75 Å². The first-order chi connectivity index (χ1) is 8.99. The summed E-state index contributed by atoms with van der Waals surface area (Å²) >= 11 is 0. The number of ether oxygens (including phenoxy) is 1. The average molecular weight is 267 g/mol. The third-order valence-corrected chi connectivity index (χ3v) is 2.82. The maximum absolute atomic E-state index is 13.2. The number of rotatable bonds is 8. The Morgan fingerprint density at radius 3 is 2.42 bits per heavy atom. The lowest BCUT2D eigenvalue weighted by molar-refractivity contribution is 0.289. The molecule has 0 saturated heterocycles. The summed E-state index contributed by atoms with van der Waals surface area (Å²) in [6.45, 7) is 8.17. The van der Waals surface area contributed by atoms with Gasteiger partial charge in [-0.1, -0.05) is 25.0 Å². The molecule has 0 fully saturated rings. The van der Waals surface area contributed by atoms with Crippen LogP contribution in [0.1, 0.15) is 46.5 Å². The summed E-state index contributed by atoms with van der Waals surface area (Å²) in [5, 5.41) is 3.47. The number of hydrogen-bond acceptors (Lipinski definition) is 2. The first-order valence-corrected chi connectivity index (χ1v) is 7.11. The topological polar surface area (TPSA) is 21.3 Å². The van der Waals surface area contributed by atoms with Crippen LogP contribution in [-0.2, 0) is 0 Å². The van der Waals surface area contributed by atoms with Crippen LogP contribution >= 0.6 is 0 Å². The highest BCUT2D eigenvalue weighted by Crippen LogP contribution is 2.15. The van der Waals surface area contributed by atoms with Gasteiger partial charge in [0.15, 0.2) is 11.6 Å². The molecule has 0 radical (unpaired) electrons. The molecule has 0 atom stereocenters. The molecule has 1 rings (SSSR count). The summed E-state index contributed by atoms with van der Waals surface area (Å²) in [5.41, 5.74) is 0.202. The fourth-order valence-electron chi connectivity index (χ4n) is 1.79. The smallest absolute Gasteiger partial charge is 0.165 e. The van der Waals surface area contributed by atoms with Gasteiger partial charge in [-0.25, -0.2) is 4.39 Å². The molecule has 3 heteroatoms. The second-order valence-corrected chi connectivity index (χ2v) is 5.87. The molecule has 0 bridgehead atoms. The summed E-state index contributed by atoms with van der Waals surface area (Å²) in [7, 11) is 0. The summed E-state index contributed by atoms with van der Waals surface area (Å²) in [6, 6.07) is 6.55. The van der Waals surface area contributed by atoms with E-state index in [-0.39, 0.29) is 11.4 Å². The van der Waals surface area contributed by atoms with Crippen LogP contribution in [0.3, 0.4) is 0 Å². The summed E-state index contributed by atoms with van der Waals surface area (Å²) in [6.07, 6.45) is 4.46. The second-order valence-electron chi connectivity index (χ2n) is 5.87. The van der Waals surface area contributed by atoms with E-state index in [1.807, 2.05) is 0 Å². The molecule has 1 N–H and O–H groups in total. The lowest BCUT2D eigenvalue weighted by Crippen LogP contribution is -2.36. The Balaban J connectivity index is 1.99. The highest BCUT2D eigenvalue weighted by atomic mass is 19.1. The number of unbranched alkanes of at least 4 members (excludes halogenated alkanes) is 3. The zero-order valence-corrected chi connectivity index (χ0v) is 12.3. The van der Waals surface area contributed by atoms with Gasteiger partial charge in [0.05, 0.1) is 6.61 Å². The van der Waals surface area contributed by atoms with Gasteiger partial charge in [-0.15, -0.1) is 0 Å². The molecule has 0 unspecified atom stereocenters. The van der Waals surface area contributed by atoms with Crippen molar-refractivity contribution >= 4 is 0 Å². The van der Waals surface area contributed by atoms with Crippen molar-refractivity contribution in [2.45, 2.75) is 52.0 Å². The van der Waals surface area contributed by atoms with Crippen LogP contribution in [0.25, 0.3) is 0 Å². The van der Waals surface area contributed by atoms with Crippen molar-refractivity contribution in [1.82, 2.24) is 5.32 Å². The van der Waals surface area contributed by atoms with Crippen molar-refractivity contribution in [3.05, 3.63) is 30.1 Å². The molecular formula is C16H26FNO. The number of para-hydroxylation sites is 1. The Hall–Kier alpha value is -1.09. The summed E-state index contributed by atoms with van der Waals surface area (Å²) in [5.74, 6) is 0.0776. The Morgan fingerprint density at radius 1 is 1.05 bits per heavy atom. The molecule has 1 aromatic carbocycles. The fraction of sp³-hybridized carbons (Fsp3) is 0.625. The van der Waals surface area contributed by atoms with E-state index in [0.717, 1.165) is 19.4 Å². The van der Waals surface area contributed by atoms with E-state index < -0.39 is 0 Å². The van der Waals surface area contributed by atoms with Crippen molar-refractivity contribution < 1.29 is 9.13 Å². The van der Waals surface area contributed by atoms with Crippen LogP contribution < -0.4 is 10.1 Å². The Labute approximate surface area is 116 Å².